The van der Waals surface area contributed by atoms with Crippen molar-refractivity contribution in [2.24, 2.45) is 11.8 Å². The fraction of sp³-hybridized carbons (Fsp3) is 0.588. The Kier molecular flexibility index (Phi) is 4.39. The number of carbonyl (C=O) groups is 1. The number of hydrogen-bond donors (Lipinski definition) is 1. The van der Waals surface area contributed by atoms with Crippen molar-refractivity contribution in [2.75, 3.05) is 0 Å². The van der Waals surface area contributed by atoms with Gasteiger partial charge in [-0.05, 0) is 49.7 Å². The summed E-state index contributed by atoms with van der Waals surface area (Å²) in [6, 6.07) is 7.64. The van der Waals surface area contributed by atoms with E-state index in [0.29, 0.717) is 29.2 Å². The van der Waals surface area contributed by atoms with E-state index in [4.69, 9.17) is 16.3 Å². The van der Waals surface area contributed by atoms with Crippen LogP contribution in [0.3, 0.4) is 0 Å². The van der Waals surface area contributed by atoms with Crippen LogP contribution in [0, 0.1) is 11.8 Å². The molecule has 1 N–H and O–H groups in total. The van der Waals surface area contributed by atoms with E-state index in [1.807, 2.05) is 19.1 Å². The zero-order valence-electron chi connectivity index (χ0n) is 12.3. The highest BCUT2D eigenvalue weighted by Gasteiger charge is 2.40. The Balaban J connectivity index is 1.60. The number of rotatable bonds is 5. The van der Waals surface area contributed by atoms with Crippen molar-refractivity contribution in [3.63, 3.8) is 0 Å². The van der Waals surface area contributed by atoms with E-state index in [1.54, 1.807) is 12.1 Å². The molecule has 2 bridgehead atoms. The van der Waals surface area contributed by atoms with Crippen molar-refractivity contribution in [3.8, 4) is 5.75 Å². The van der Waals surface area contributed by atoms with Crippen molar-refractivity contribution >= 4 is 17.5 Å². The summed E-state index contributed by atoms with van der Waals surface area (Å²) in [5.74, 6) is 2.07. The van der Waals surface area contributed by atoms with Gasteiger partial charge < -0.3 is 10.1 Å². The first kappa shape index (κ1) is 14.7. The Labute approximate surface area is 131 Å². The summed E-state index contributed by atoms with van der Waals surface area (Å²) in [7, 11) is 0. The monoisotopic (exact) mass is 307 g/mol. The number of ether oxygens (including phenoxy) is 1. The molecule has 3 nitrogen and oxygen atoms in total. The van der Waals surface area contributed by atoms with Crippen LogP contribution in [-0.4, -0.2) is 18.1 Å². The molecule has 0 aromatic heterocycles. The smallest absolute Gasteiger partial charge is 0.261 e. The first-order chi connectivity index (χ1) is 10.2. The molecule has 0 unspecified atom stereocenters. The second-order valence-electron chi connectivity index (χ2n) is 6.24. The second kappa shape index (κ2) is 6.27. The van der Waals surface area contributed by atoms with Crippen LogP contribution in [0.5, 0.6) is 5.75 Å². The molecule has 0 radical (unpaired) electrons. The number of nitrogens with one attached hydrogen (secondary N) is 1. The maximum atomic E-state index is 12.4. The molecule has 21 heavy (non-hydrogen) atoms. The van der Waals surface area contributed by atoms with Crippen LogP contribution < -0.4 is 10.1 Å². The van der Waals surface area contributed by atoms with E-state index in [2.05, 4.69) is 5.32 Å². The van der Waals surface area contributed by atoms with Gasteiger partial charge in [-0.2, -0.15) is 0 Å². The van der Waals surface area contributed by atoms with E-state index in [0.717, 1.165) is 12.3 Å². The topological polar surface area (TPSA) is 38.3 Å². The molecule has 1 amide bonds. The number of amides is 1. The molecule has 3 rings (SSSR count). The average molecular weight is 308 g/mol. The molecule has 0 heterocycles. The molecule has 4 heteroatoms. The van der Waals surface area contributed by atoms with Crippen molar-refractivity contribution in [3.05, 3.63) is 29.3 Å². The van der Waals surface area contributed by atoms with Gasteiger partial charge in [0.2, 0.25) is 0 Å². The number of para-hydroxylation sites is 1. The van der Waals surface area contributed by atoms with E-state index in [-0.39, 0.29) is 5.91 Å². The normalized spacial score (nSPS) is 28.4. The van der Waals surface area contributed by atoms with Gasteiger partial charge in [-0.3, -0.25) is 4.79 Å². The number of benzene rings is 1. The molecule has 1 aromatic rings. The highest BCUT2D eigenvalue weighted by molar-refractivity contribution is 6.32. The Morgan fingerprint density at radius 1 is 1.38 bits per heavy atom. The molecule has 0 saturated heterocycles. The summed E-state index contributed by atoms with van der Waals surface area (Å²) in [5, 5.41) is 3.74. The van der Waals surface area contributed by atoms with Gasteiger partial charge in [0.25, 0.3) is 5.91 Å². The van der Waals surface area contributed by atoms with Crippen molar-refractivity contribution < 1.29 is 9.53 Å². The molecule has 2 aliphatic rings. The Bertz CT molecular complexity index is 519. The predicted octanol–water partition coefficient (Wildman–Crippen LogP) is 3.80. The second-order valence-corrected chi connectivity index (χ2v) is 6.64. The molecule has 2 fully saturated rings. The van der Waals surface area contributed by atoms with Crippen LogP contribution in [0.2, 0.25) is 5.02 Å². The lowest BCUT2D eigenvalue weighted by atomic mass is 9.95. The average Bonchev–Trinajstić information content (AvgIpc) is 3.09. The molecule has 0 spiro atoms. The highest BCUT2D eigenvalue weighted by atomic mass is 35.5. The largest absolute Gasteiger partial charge is 0.479 e. The SMILES string of the molecule is CC[C@H](Oc1ccccc1Cl)C(=O)N[C@@H]1C[C@@H]2CC[C@@H]1C2. The molecule has 0 aliphatic heterocycles. The van der Waals surface area contributed by atoms with Crippen molar-refractivity contribution in [2.45, 2.75) is 51.2 Å². The van der Waals surface area contributed by atoms with Crippen molar-refractivity contribution in [1.29, 1.82) is 0 Å². The third-order valence-electron chi connectivity index (χ3n) is 4.83. The summed E-state index contributed by atoms with van der Waals surface area (Å²) in [5.41, 5.74) is 0. The highest BCUT2D eigenvalue weighted by Crippen LogP contribution is 2.44. The number of carbonyl (C=O) groups excluding carboxylic acids is 1. The maximum absolute atomic E-state index is 12.4. The van der Waals surface area contributed by atoms with Crippen LogP contribution >= 0.6 is 11.6 Å². The Morgan fingerprint density at radius 3 is 2.81 bits per heavy atom. The summed E-state index contributed by atoms with van der Waals surface area (Å²) < 4.78 is 5.80. The van der Waals surface area contributed by atoms with Gasteiger partial charge in [0.15, 0.2) is 6.10 Å². The fourth-order valence-corrected chi connectivity index (χ4v) is 3.89. The molecule has 1 aromatic carbocycles. The molecule has 2 aliphatic carbocycles. The Hall–Kier alpha value is -1.22. The Morgan fingerprint density at radius 2 is 2.19 bits per heavy atom. The summed E-state index contributed by atoms with van der Waals surface area (Å²) >= 11 is 6.09. The number of fused-ring (bicyclic) bond motifs is 2. The molecule has 4 atom stereocenters. The number of hydrogen-bond acceptors (Lipinski definition) is 2. The van der Waals surface area contributed by atoms with Gasteiger partial charge in [-0.15, -0.1) is 0 Å². The minimum absolute atomic E-state index is 0.00466. The third-order valence-corrected chi connectivity index (χ3v) is 5.15. The quantitative estimate of drug-likeness (QED) is 0.898. The van der Waals surface area contributed by atoms with Gasteiger partial charge >= 0.3 is 0 Å². The van der Waals surface area contributed by atoms with Crippen LogP contribution in [0.1, 0.15) is 39.0 Å². The lowest BCUT2D eigenvalue weighted by molar-refractivity contribution is -0.129. The van der Waals surface area contributed by atoms with Crippen LogP contribution in [0.4, 0.5) is 0 Å². The van der Waals surface area contributed by atoms with Gasteiger partial charge in [0.1, 0.15) is 5.75 Å². The van der Waals surface area contributed by atoms with Crippen molar-refractivity contribution in [1.82, 2.24) is 5.32 Å². The van der Waals surface area contributed by atoms with E-state index in [9.17, 15) is 4.79 Å². The predicted molar refractivity (Wildman–Crippen MR) is 83.5 cm³/mol. The van der Waals surface area contributed by atoms with E-state index in [1.165, 1.54) is 19.3 Å². The molecular formula is C17H22ClNO2. The summed E-state index contributed by atoms with van der Waals surface area (Å²) in [6.07, 6.45) is 5.19. The standard InChI is InChI=1S/C17H22ClNO2/c1-2-15(21-16-6-4-3-5-13(16)18)17(20)19-14-10-11-7-8-12(14)9-11/h3-6,11-12,14-15H,2,7-10H2,1H3,(H,19,20)/t11-,12-,14-,15+/m1/s1. The van der Waals surface area contributed by atoms with Crippen LogP contribution in [0.15, 0.2) is 24.3 Å². The first-order valence-electron chi connectivity index (χ1n) is 7.89. The zero-order valence-corrected chi connectivity index (χ0v) is 13.1. The minimum atomic E-state index is -0.468. The number of halogens is 1. The minimum Gasteiger partial charge on any atom is -0.479 e. The third kappa shape index (κ3) is 3.18. The molecule has 2 saturated carbocycles. The fourth-order valence-electron chi connectivity index (χ4n) is 3.71. The van der Waals surface area contributed by atoms with E-state index >= 15 is 0 Å². The summed E-state index contributed by atoms with van der Waals surface area (Å²) in [6.45, 7) is 1.96. The zero-order chi connectivity index (χ0) is 14.8. The lowest BCUT2D eigenvalue weighted by Gasteiger charge is -2.25. The van der Waals surface area contributed by atoms with Gasteiger partial charge in [0.05, 0.1) is 5.02 Å². The van der Waals surface area contributed by atoms with E-state index < -0.39 is 6.10 Å². The van der Waals surface area contributed by atoms with Crippen LogP contribution in [0.25, 0.3) is 0 Å². The maximum Gasteiger partial charge on any atom is 0.261 e. The van der Waals surface area contributed by atoms with Gasteiger partial charge in [-0.1, -0.05) is 37.1 Å². The first-order valence-corrected chi connectivity index (χ1v) is 8.26. The lowest BCUT2D eigenvalue weighted by Crippen LogP contribution is -2.45. The van der Waals surface area contributed by atoms with Crippen LogP contribution in [-0.2, 0) is 4.79 Å². The molecular weight excluding hydrogens is 286 g/mol. The van der Waals surface area contributed by atoms with Gasteiger partial charge in [0, 0.05) is 6.04 Å². The van der Waals surface area contributed by atoms with Gasteiger partial charge in [-0.25, -0.2) is 0 Å². The molecule has 114 valence electrons. The summed E-state index contributed by atoms with van der Waals surface area (Å²) in [4.78, 5) is 12.4.